The topological polar surface area (TPSA) is 108 Å². The van der Waals surface area contributed by atoms with Crippen LogP contribution in [0.25, 0.3) is 0 Å². The summed E-state index contributed by atoms with van der Waals surface area (Å²) >= 11 is 0. The van der Waals surface area contributed by atoms with Crippen LogP contribution in [0.15, 0.2) is 36.5 Å². The quantitative estimate of drug-likeness (QED) is 0.0212. The van der Waals surface area contributed by atoms with Gasteiger partial charge in [0, 0.05) is 12.8 Å². The second-order valence-corrected chi connectivity index (χ2v) is 18.5. The van der Waals surface area contributed by atoms with Crippen molar-refractivity contribution in [2.75, 3.05) is 47.5 Å². The van der Waals surface area contributed by atoms with Crippen molar-refractivity contribution in [2.45, 2.75) is 238 Å². The lowest BCUT2D eigenvalue weighted by Crippen LogP contribution is -2.40. The Morgan fingerprint density at radius 1 is 0.484 bits per heavy atom. The van der Waals surface area contributed by atoms with Crippen LogP contribution in [0.5, 0.6) is 0 Å². The number of nitrogens with zero attached hydrogens (tertiary/aromatic N) is 1. The molecule has 0 heterocycles. The zero-order valence-electron chi connectivity index (χ0n) is 41.0. The molecule has 0 aromatic heterocycles. The summed E-state index contributed by atoms with van der Waals surface area (Å²) in [6.45, 7) is 4.86. The molecule has 362 valence electrons. The Labute approximate surface area is 381 Å². The van der Waals surface area contributed by atoms with Gasteiger partial charge in [0.05, 0.1) is 34.4 Å². The molecule has 0 fully saturated rings. The number of hydrogen-bond acceptors (Lipinski definition) is 7. The Hall–Kier alpha value is -2.49. The molecule has 0 bridgehead atoms. The third kappa shape index (κ3) is 45.5. The molecule has 0 spiro atoms. The van der Waals surface area contributed by atoms with Gasteiger partial charge in [0.25, 0.3) is 6.29 Å². The van der Waals surface area contributed by atoms with Crippen LogP contribution >= 0.6 is 0 Å². The molecule has 9 nitrogen and oxygen atoms in total. The molecule has 62 heavy (non-hydrogen) atoms. The van der Waals surface area contributed by atoms with E-state index in [1.54, 1.807) is 0 Å². The van der Waals surface area contributed by atoms with E-state index < -0.39 is 24.3 Å². The van der Waals surface area contributed by atoms with Crippen molar-refractivity contribution in [3.8, 4) is 0 Å². The molecule has 0 aliphatic rings. The van der Waals surface area contributed by atoms with Gasteiger partial charge in [-0.3, -0.25) is 9.59 Å². The molecule has 0 rings (SSSR count). The normalized spacial score (nSPS) is 13.1. The van der Waals surface area contributed by atoms with E-state index in [2.05, 4.69) is 50.3 Å². The van der Waals surface area contributed by atoms with Gasteiger partial charge in [0.1, 0.15) is 13.2 Å². The van der Waals surface area contributed by atoms with Crippen molar-refractivity contribution in [1.82, 2.24) is 0 Å². The maximum Gasteiger partial charge on any atom is 0.361 e. The average molecular weight is 877 g/mol. The Morgan fingerprint density at radius 2 is 0.871 bits per heavy atom. The first kappa shape index (κ1) is 59.5. The molecule has 0 saturated heterocycles. The fourth-order valence-electron chi connectivity index (χ4n) is 7.10. The van der Waals surface area contributed by atoms with Crippen molar-refractivity contribution < 1.29 is 42.9 Å². The summed E-state index contributed by atoms with van der Waals surface area (Å²) < 4.78 is 22.8. The number of allylic oxidation sites excluding steroid dienone is 6. The van der Waals surface area contributed by atoms with Gasteiger partial charge in [-0.1, -0.05) is 179 Å². The van der Waals surface area contributed by atoms with E-state index >= 15 is 0 Å². The van der Waals surface area contributed by atoms with E-state index in [1.165, 1.54) is 135 Å². The number of esters is 2. The molecular weight excluding hydrogens is 779 g/mol. The number of carboxylic acids is 1. The van der Waals surface area contributed by atoms with Gasteiger partial charge < -0.3 is 28.5 Å². The lowest BCUT2D eigenvalue weighted by atomic mass is 10.0. The van der Waals surface area contributed by atoms with Crippen LogP contribution in [0.1, 0.15) is 226 Å². The second-order valence-electron chi connectivity index (χ2n) is 18.5. The first-order valence-corrected chi connectivity index (χ1v) is 25.7. The van der Waals surface area contributed by atoms with Crippen molar-refractivity contribution in [3.63, 3.8) is 0 Å². The number of hydrogen-bond donors (Lipinski definition) is 1. The Kier molecular flexibility index (Phi) is 43.3. The number of aliphatic carboxylic acids is 1. The number of ether oxygens (including phenoxy) is 4. The largest absolute Gasteiger partial charge is 0.477 e. The molecule has 0 saturated carbocycles. The van der Waals surface area contributed by atoms with Crippen LogP contribution in [0, 0.1) is 0 Å². The molecule has 1 N–H and O–H groups in total. The van der Waals surface area contributed by atoms with Crippen LogP contribution in [0.3, 0.4) is 0 Å². The first-order chi connectivity index (χ1) is 30.1. The minimum atomic E-state index is -1.51. The van der Waals surface area contributed by atoms with Gasteiger partial charge in [-0.2, -0.15) is 0 Å². The highest BCUT2D eigenvalue weighted by molar-refractivity contribution is 5.71. The van der Waals surface area contributed by atoms with Gasteiger partial charge in [-0.15, -0.1) is 0 Å². The molecule has 0 amide bonds. The van der Waals surface area contributed by atoms with Crippen molar-refractivity contribution >= 4 is 17.9 Å². The second kappa shape index (κ2) is 45.1. The van der Waals surface area contributed by atoms with Crippen LogP contribution in [0.2, 0.25) is 0 Å². The average Bonchev–Trinajstić information content (AvgIpc) is 3.23. The van der Waals surface area contributed by atoms with Crippen molar-refractivity contribution in [3.05, 3.63) is 36.5 Å². The summed E-state index contributed by atoms with van der Waals surface area (Å²) in [5, 5.41) is 9.66. The Bertz CT molecular complexity index is 1110. The third-order valence-electron chi connectivity index (χ3n) is 11.1. The van der Waals surface area contributed by atoms with Crippen LogP contribution in [-0.2, 0) is 33.3 Å². The number of carboxylic acid groups (broad SMARTS) is 1. The third-order valence-corrected chi connectivity index (χ3v) is 11.1. The highest BCUT2D eigenvalue weighted by Gasteiger charge is 2.25. The summed E-state index contributed by atoms with van der Waals surface area (Å²) in [6.07, 6.45) is 49.2. The molecule has 0 aromatic rings. The van der Waals surface area contributed by atoms with Crippen LogP contribution in [0.4, 0.5) is 0 Å². The van der Waals surface area contributed by atoms with E-state index in [4.69, 9.17) is 18.9 Å². The molecule has 9 heteroatoms. The highest BCUT2D eigenvalue weighted by atomic mass is 16.7. The minimum Gasteiger partial charge on any atom is -0.477 e. The monoisotopic (exact) mass is 877 g/mol. The summed E-state index contributed by atoms with van der Waals surface area (Å²) in [7, 11) is 5.96. The first-order valence-electron chi connectivity index (χ1n) is 25.7. The highest BCUT2D eigenvalue weighted by Crippen LogP contribution is 2.15. The van der Waals surface area contributed by atoms with E-state index in [0.717, 1.165) is 64.2 Å². The van der Waals surface area contributed by atoms with Gasteiger partial charge >= 0.3 is 17.9 Å². The lowest BCUT2D eigenvalue weighted by Gasteiger charge is -2.25. The number of quaternary nitrogens is 1. The molecule has 0 aromatic carbocycles. The molecular formula is C53H98NO8+. The fraction of sp³-hybridized carbons (Fsp3) is 0.830. The number of unbranched alkanes of at least 4 members (excludes halogenated alkanes) is 26. The number of carbonyl (C=O) groups excluding carboxylic acids is 2. The zero-order valence-corrected chi connectivity index (χ0v) is 41.0. The molecule has 0 aliphatic carbocycles. The molecule has 2 atom stereocenters. The van der Waals surface area contributed by atoms with Gasteiger partial charge in [-0.05, 0) is 70.6 Å². The van der Waals surface area contributed by atoms with Gasteiger partial charge in [0.2, 0.25) is 0 Å². The summed E-state index contributed by atoms with van der Waals surface area (Å²) in [6, 6.07) is 0. The summed E-state index contributed by atoms with van der Waals surface area (Å²) in [5.41, 5.74) is 0. The molecule has 0 aliphatic heterocycles. The smallest absolute Gasteiger partial charge is 0.361 e. The predicted octanol–water partition coefficient (Wildman–Crippen LogP) is 14.2. The molecule has 2 unspecified atom stereocenters. The standard InChI is InChI=1S/C53H97NO8/c1-6-8-10-12-14-16-18-20-22-23-24-25-26-27-28-29-30-32-34-36-38-40-42-44-51(56)62-49(48-61-53(52(57)58)59-46-45-54(3,4)5)47-60-50(55)43-41-39-37-35-33-31-21-19-17-15-13-11-9-7-2/h18-21,23-24,49,53H,6-17,22,25-48H2,1-5H3/p+1/b20-18-,21-19-,24-23-. The zero-order chi connectivity index (χ0) is 45.6. The minimum absolute atomic E-state index is 0.186. The predicted molar refractivity (Wildman–Crippen MR) is 258 cm³/mol. The van der Waals surface area contributed by atoms with Crippen molar-refractivity contribution in [1.29, 1.82) is 0 Å². The van der Waals surface area contributed by atoms with Crippen LogP contribution in [-0.4, -0.2) is 87.4 Å². The van der Waals surface area contributed by atoms with E-state index in [9.17, 15) is 19.5 Å². The summed E-state index contributed by atoms with van der Waals surface area (Å²) in [4.78, 5) is 37.2. The van der Waals surface area contributed by atoms with E-state index in [-0.39, 0.29) is 32.2 Å². The van der Waals surface area contributed by atoms with Gasteiger partial charge in [-0.25, -0.2) is 4.79 Å². The number of likely N-dealkylation sites (N-methyl/N-ethyl adjacent to an activating group) is 1. The Morgan fingerprint density at radius 3 is 1.29 bits per heavy atom. The maximum absolute atomic E-state index is 12.8. The SMILES string of the molecule is CCCCCCC/C=C\C/C=C\CCCCCCCCCCCCCC(=O)OC(COC(=O)CCCCCCC/C=C\CCCCCCC)COC(OCC[N+](C)(C)C)C(=O)O. The Balaban J connectivity index is 4.31. The van der Waals surface area contributed by atoms with E-state index in [0.29, 0.717) is 17.4 Å². The number of carbonyl (C=O) groups is 3. The molecule has 0 radical (unpaired) electrons. The fourth-order valence-corrected chi connectivity index (χ4v) is 7.10. The van der Waals surface area contributed by atoms with E-state index in [1.807, 2.05) is 21.1 Å². The lowest BCUT2D eigenvalue weighted by molar-refractivity contribution is -0.870. The maximum atomic E-state index is 12.8. The van der Waals surface area contributed by atoms with Gasteiger partial charge in [0.15, 0.2) is 6.10 Å². The van der Waals surface area contributed by atoms with Crippen molar-refractivity contribution in [2.24, 2.45) is 0 Å². The van der Waals surface area contributed by atoms with Crippen LogP contribution < -0.4 is 0 Å². The number of rotatable bonds is 47. The summed E-state index contributed by atoms with van der Waals surface area (Å²) in [5.74, 6) is -2.01.